The van der Waals surface area contributed by atoms with Gasteiger partial charge in [0.15, 0.2) is 0 Å². The lowest BCUT2D eigenvalue weighted by molar-refractivity contribution is 0.603. The fraction of sp³-hybridized carbons (Fsp3) is 0.455. The van der Waals surface area contributed by atoms with Crippen molar-refractivity contribution in [3.05, 3.63) is 23.0 Å². The molecule has 0 fully saturated rings. The van der Waals surface area contributed by atoms with Gasteiger partial charge in [-0.3, -0.25) is 0 Å². The van der Waals surface area contributed by atoms with Gasteiger partial charge < -0.3 is 10.6 Å². The van der Waals surface area contributed by atoms with E-state index in [0.29, 0.717) is 10.7 Å². The molecule has 0 amide bonds. The molecule has 1 aromatic rings. The fourth-order valence-corrected chi connectivity index (χ4v) is 1.82. The van der Waals surface area contributed by atoms with Crippen LogP contribution in [0.5, 0.6) is 0 Å². The van der Waals surface area contributed by atoms with Crippen LogP contribution in [0.3, 0.4) is 0 Å². The van der Waals surface area contributed by atoms with Gasteiger partial charge in [-0.15, -0.1) is 12.6 Å². The van der Waals surface area contributed by atoms with E-state index in [4.69, 9.17) is 11.6 Å². The van der Waals surface area contributed by atoms with Gasteiger partial charge in [-0.2, -0.15) is 0 Å². The fourth-order valence-electron chi connectivity index (χ4n) is 1.32. The Morgan fingerprint density at radius 1 is 1.31 bits per heavy atom. The summed E-state index contributed by atoms with van der Waals surface area (Å²) in [5, 5.41) is 6.68. The van der Waals surface area contributed by atoms with Crippen LogP contribution in [-0.4, -0.2) is 20.1 Å². The molecule has 0 atom stereocenters. The third-order valence-electron chi connectivity index (χ3n) is 2.21. The van der Waals surface area contributed by atoms with Gasteiger partial charge in [0.05, 0.1) is 10.7 Å². The summed E-state index contributed by atoms with van der Waals surface area (Å²) < 4.78 is 13.2. The summed E-state index contributed by atoms with van der Waals surface area (Å²) >= 11 is 9.91. The minimum Gasteiger partial charge on any atom is -0.384 e. The molecule has 0 heterocycles. The molecule has 90 valence electrons. The molecule has 0 unspecified atom stereocenters. The van der Waals surface area contributed by atoms with Gasteiger partial charge in [0.25, 0.3) is 0 Å². The smallest absolute Gasteiger partial charge is 0.138 e. The van der Waals surface area contributed by atoms with Crippen LogP contribution in [0.1, 0.15) is 12.8 Å². The van der Waals surface area contributed by atoms with Crippen molar-refractivity contribution in [2.24, 2.45) is 0 Å². The van der Waals surface area contributed by atoms with Crippen molar-refractivity contribution in [2.45, 2.75) is 17.7 Å². The van der Waals surface area contributed by atoms with E-state index < -0.39 is 0 Å². The first-order valence-electron chi connectivity index (χ1n) is 5.21. The number of unbranched alkanes of at least 4 members (excludes halogenated alkanes) is 1. The van der Waals surface area contributed by atoms with E-state index in [1.165, 1.54) is 12.1 Å². The molecule has 0 spiro atoms. The number of rotatable bonds is 6. The molecule has 0 aliphatic carbocycles. The molecule has 1 rings (SSSR count). The molecule has 0 saturated carbocycles. The normalized spacial score (nSPS) is 10.5. The van der Waals surface area contributed by atoms with E-state index in [-0.39, 0.29) is 10.7 Å². The minimum absolute atomic E-state index is 0.269. The van der Waals surface area contributed by atoms with Crippen molar-refractivity contribution in [1.82, 2.24) is 5.32 Å². The van der Waals surface area contributed by atoms with E-state index in [0.717, 1.165) is 25.9 Å². The largest absolute Gasteiger partial charge is 0.384 e. The number of benzene rings is 1. The first kappa shape index (κ1) is 13.6. The SMILES string of the molecule is CNCCCCNc1cc(F)c(S)cc1Cl. The molecule has 0 bridgehead atoms. The highest BCUT2D eigenvalue weighted by atomic mass is 35.5. The Bertz CT molecular complexity index is 347. The maximum atomic E-state index is 13.2. The van der Waals surface area contributed by atoms with E-state index in [2.05, 4.69) is 23.3 Å². The van der Waals surface area contributed by atoms with Crippen LogP contribution in [0.4, 0.5) is 10.1 Å². The average Bonchev–Trinajstić information content (AvgIpc) is 2.25. The molecule has 0 aromatic heterocycles. The lowest BCUT2D eigenvalue weighted by Gasteiger charge is -2.09. The van der Waals surface area contributed by atoms with Gasteiger partial charge in [-0.05, 0) is 38.6 Å². The second-order valence-electron chi connectivity index (χ2n) is 3.52. The zero-order valence-electron chi connectivity index (χ0n) is 9.19. The Kier molecular flexibility index (Phi) is 5.95. The highest BCUT2D eigenvalue weighted by Crippen LogP contribution is 2.27. The molecule has 16 heavy (non-hydrogen) atoms. The second kappa shape index (κ2) is 6.99. The van der Waals surface area contributed by atoms with Crippen LogP contribution in [0, 0.1) is 5.82 Å². The number of anilines is 1. The van der Waals surface area contributed by atoms with Crippen LogP contribution in [-0.2, 0) is 0 Å². The monoisotopic (exact) mass is 262 g/mol. The maximum absolute atomic E-state index is 13.2. The van der Waals surface area contributed by atoms with Crippen molar-refractivity contribution in [2.75, 3.05) is 25.5 Å². The molecular formula is C11H16ClFN2S. The summed E-state index contributed by atoms with van der Waals surface area (Å²) in [6.07, 6.45) is 2.09. The first-order chi connectivity index (χ1) is 7.65. The molecule has 2 nitrogen and oxygen atoms in total. The number of hydrogen-bond donors (Lipinski definition) is 3. The summed E-state index contributed by atoms with van der Waals surface area (Å²) in [7, 11) is 1.92. The van der Waals surface area contributed by atoms with Crippen LogP contribution < -0.4 is 10.6 Å². The van der Waals surface area contributed by atoms with Crippen molar-refractivity contribution in [3.8, 4) is 0 Å². The summed E-state index contributed by atoms with van der Waals surface area (Å²) in [6.45, 7) is 1.77. The van der Waals surface area contributed by atoms with Gasteiger partial charge in [0.1, 0.15) is 5.82 Å². The number of nitrogens with one attached hydrogen (secondary N) is 2. The van der Waals surface area contributed by atoms with Crippen LogP contribution in [0.2, 0.25) is 5.02 Å². The number of thiol groups is 1. The minimum atomic E-state index is -0.356. The summed E-state index contributed by atoms with van der Waals surface area (Å²) in [6, 6.07) is 2.89. The third kappa shape index (κ3) is 4.20. The Morgan fingerprint density at radius 3 is 2.69 bits per heavy atom. The lowest BCUT2D eigenvalue weighted by Crippen LogP contribution is -2.10. The Hall–Kier alpha value is -0.450. The summed E-state index contributed by atoms with van der Waals surface area (Å²) in [4.78, 5) is 0.269. The van der Waals surface area contributed by atoms with Crippen LogP contribution >= 0.6 is 24.2 Å². The zero-order chi connectivity index (χ0) is 12.0. The number of halogens is 2. The van der Waals surface area contributed by atoms with Gasteiger partial charge >= 0.3 is 0 Å². The molecule has 0 aliphatic heterocycles. The Labute approximate surface area is 106 Å². The highest BCUT2D eigenvalue weighted by Gasteiger charge is 2.05. The molecule has 2 N–H and O–H groups in total. The Balaban J connectivity index is 2.45. The number of hydrogen-bond acceptors (Lipinski definition) is 3. The van der Waals surface area contributed by atoms with Gasteiger partial charge in [-0.1, -0.05) is 11.6 Å². The molecule has 0 aliphatic rings. The molecular weight excluding hydrogens is 247 g/mol. The molecule has 1 aromatic carbocycles. The van der Waals surface area contributed by atoms with Gasteiger partial charge in [0.2, 0.25) is 0 Å². The van der Waals surface area contributed by atoms with Crippen molar-refractivity contribution >= 4 is 29.9 Å². The van der Waals surface area contributed by atoms with Crippen LogP contribution in [0.25, 0.3) is 0 Å². The summed E-state index contributed by atoms with van der Waals surface area (Å²) in [5.74, 6) is -0.356. The van der Waals surface area contributed by atoms with E-state index in [9.17, 15) is 4.39 Å². The van der Waals surface area contributed by atoms with Crippen molar-refractivity contribution in [1.29, 1.82) is 0 Å². The second-order valence-corrected chi connectivity index (χ2v) is 4.41. The zero-order valence-corrected chi connectivity index (χ0v) is 10.8. The topological polar surface area (TPSA) is 24.1 Å². The van der Waals surface area contributed by atoms with Crippen molar-refractivity contribution in [3.63, 3.8) is 0 Å². The molecule has 5 heteroatoms. The standard InChI is InChI=1S/C11H16ClFN2S/c1-14-4-2-3-5-15-10-7-9(13)11(16)6-8(10)12/h6-7,14-16H,2-5H2,1H3. The van der Waals surface area contributed by atoms with E-state index >= 15 is 0 Å². The first-order valence-corrected chi connectivity index (χ1v) is 6.04. The maximum Gasteiger partial charge on any atom is 0.138 e. The average molecular weight is 263 g/mol. The van der Waals surface area contributed by atoms with Gasteiger partial charge in [-0.25, -0.2) is 4.39 Å². The predicted octanol–water partition coefficient (Wildman–Crippen LogP) is 3.18. The van der Waals surface area contributed by atoms with E-state index in [1.54, 1.807) is 0 Å². The van der Waals surface area contributed by atoms with Crippen molar-refractivity contribution < 1.29 is 4.39 Å². The van der Waals surface area contributed by atoms with Gasteiger partial charge in [0, 0.05) is 11.4 Å². The predicted molar refractivity (Wildman–Crippen MR) is 70.3 cm³/mol. The summed E-state index contributed by atoms with van der Waals surface area (Å²) in [5.41, 5.74) is 0.626. The molecule has 0 saturated heterocycles. The third-order valence-corrected chi connectivity index (χ3v) is 2.86. The quantitative estimate of drug-likeness (QED) is 0.542. The highest BCUT2D eigenvalue weighted by molar-refractivity contribution is 7.80. The Morgan fingerprint density at radius 2 is 2.00 bits per heavy atom. The molecule has 0 radical (unpaired) electrons. The van der Waals surface area contributed by atoms with E-state index in [1.807, 2.05) is 7.05 Å². The van der Waals surface area contributed by atoms with Crippen LogP contribution in [0.15, 0.2) is 17.0 Å². The lowest BCUT2D eigenvalue weighted by atomic mass is 10.2.